The van der Waals surface area contributed by atoms with Gasteiger partial charge in [0.25, 0.3) is 5.19 Å². The van der Waals surface area contributed by atoms with E-state index in [-0.39, 0.29) is 18.6 Å². The van der Waals surface area contributed by atoms with E-state index in [2.05, 4.69) is 15.1 Å². The molecule has 1 fully saturated rings. The maximum absolute atomic E-state index is 11.8. The third kappa shape index (κ3) is 2.33. The molecule has 2 aromatic rings. The number of nitrogens with zero attached hydrogens (tertiary/aromatic N) is 5. The van der Waals surface area contributed by atoms with E-state index in [1.165, 1.54) is 28.7 Å². The first-order chi connectivity index (χ1) is 8.81. The normalized spacial score (nSPS) is 15.4. The number of carbonyl (C=O) groups excluding carboxylic acids is 1. The minimum atomic E-state index is 0.0273. The first-order valence-corrected chi connectivity index (χ1v) is 6.35. The summed E-state index contributed by atoms with van der Waals surface area (Å²) in [5, 5.41) is 6.41. The van der Waals surface area contributed by atoms with Crippen molar-refractivity contribution < 1.29 is 9.53 Å². The predicted molar refractivity (Wildman–Crippen MR) is 63.1 cm³/mol. The molecular weight excluding hydrogens is 254 g/mol. The van der Waals surface area contributed by atoms with Crippen molar-refractivity contribution in [3.8, 4) is 5.19 Å². The highest BCUT2D eigenvalue weighted by Crippen LogP contribution is 2.20. The predicted octanol–water partition coefficient (Wildman–Crippen LogP) is 0.0244. The van der Waals surface area contributed by atoms with Gasteiger partial charge >= 0.3 is 0 Å². The zero-order valence-corrected chi connectivity index (χ0v) is 10.3. The van der Waals surface area contributed by atoms with E-state index in [4.69, 9.17) is 4.74 Å². The average molecular weight is 265 g/mol. The molecule has 1 aliphatic rings. The van der Waals surface area contributed by atoms with Crippen LogP contribution in [0.2, 0.25) is 0 Å². The van der Waals surface area contributed by atoms with Crippen LogP contribution in [0.4, 0.5) is 0 Å². The van der Waals surface area contributed by atoms with Crippen LogP contribution in [0.5, 0.6) is 5.19 Å². The van der Waals surface area contributed by atoms with Gasteiger partial charge in [-0.3, -0.25) is 4.79 Å². The molecule has 0 aliphatic carbocycles. The molecule has 0 spiro atoms. The lowest BCUT2D eigenvalue weighted by Gasteiger charge is -2.38. The van der Waals surface area contributed by atoms with Crippen LogP contribution in [-0.2, 0) is 11.3 Å². The SMILES string of the molecule is O=C(Cn1cncn1)N1CC(Oc2nccs2)C1. The second-order valence-corrected chi connectivity index (χ2v) is 4.79. The molecule has 0 atom stereocenters. The van der Waals surface area contributed by atoms with Crippen LogP contribution in [0.3, 0.4) is 0 Å². The summed E-state index contributed by atoms with van der Waals surface area (Å²) in [6.45, 7) is 1.43. The van der Waals surface area contributed by atoms with E-state index >= 15 is 0 Å². The molecule has 0 saturated carbocycles. The van der Waals surface area contributed by atoms with E-state index < -0.39 is 0 Å². The van der Waals surface area contributed by atoms with Crippen LogP contribution >= 0.6 is 11.3 Å². The quantitative estimate of drug-likeness (QED) is 0.779. The van der Waals surface area contributed by atoms with Gasteiger partial charge in [-0.05, 0) is 0 Å². The fourth-order valence-electron chi connectivity index (χ4n) is 1.68. The van der Waals surface area contributed by atoms with Gasteiger partial charge in [0.05, 0.1) is 13.1 Å². The molecule has 18 heavy (non-hydrogen) atoms. The number of hydrogen-bond donors (Lipinski definition) is 0. The fraction of sp³-hybridized carbons (Fsp3) is 0.400. The molecule has 2 aromatic heterocycles. The van der Waals surface area contributed by atoms with Crippen LogP contribution in [0.1, 0.15) is 0 Å². The van der Waals surface area contributed by atoms with Gasteiger partial charge < -0.3 is 9.64 Å². The maximum Gasteiger partial charge on any atom is 0.273 e. The largest absolute Gasteiger partial charge is 0.463 e. The lowest BCUT2D eigenvalue weighted by molar-refractivity contribution is -0.140. The number of likely N-dealkylation sites (tertiary alicyclic amines) is 1. The van der Waals surface area contributed by atoms with Crippen molar-refractivity contribution >= 4 is 17.2 Å². The van der Waals surface area contributed by atoms with Crippen LogP contribution in [-0.4, -0.2) is 49.7 Å². The second kappa shape index (κ2) is 4.73. The summed E-state index contributed by atoms with van der Waals surface area (Å²) < 4.78 is 7.10. The van der Waals surface area contributed by atoms with Crippen molar-refractivity contribution in [3.05, 3.63) is 24.2 Å². The van der Waals surface area contributed by atoms with Crippen molar-refractivity contribution in [3.63, 3.8) is 0 Å². The average Bonchev–Trinajstić information content (AvgIpc) is 2.94. The van der Waals surface area contributed by atoms with Gasteiger partial charge in [-0.1, -0.05) is 11.3 Å². The highest BCUT2D eigenvalue weighted by Gasteiger charge is 2.32. The smallest absolute Gasteiger partial charge is 0.273 e. The topological polar surface area (TPSA) is 73.1 Å². The Bertz CT molecular complexity index is 506. The Balaban J connectivity index is 1.45. The van der Waals surface area contributed by atoms with Gasteiger partial charge in [0.1, 0.15) is 25.3 Å². The molecule has 0 bridgehead atoms. The summed E-state index contributed by atoms with van der Waals surface area (Å²) in [6, 6.07) is 0. The first-order valence-electron chi connectivity index (χ1n) is 5.47. The highest BCUT2D eigenvalue weighted by atomic mass is 32.1. The molecule has 0 radical (unpaired) electrons. The summed E-state index contributed by atoms with van der Waals surface area (Å²) in [7, 11) is 0. The lowest BCUT2D eigenvalue weighted by Crippen LogP contribution is -2.56. The summed E-state index contributed by atoms with van der Waals surface area (Å²) in [5.41, 5.74) is 0. The van der Waals surface area contributed by atoms with E-state index in [1.807, 2.05) is 5.38 Å². The first kappa shape index (κ1) is 11.1. The number of ether oxygens (including phenoxy) is 1. The van der Waals surface area contributed by atoms with Crippen molar-refractivity contribution in [2.75, 3.05) is 13.1 Å². The summed E-state index contributed by atoms with van der Waals surface area (Å²) in [4.78, 5) is 21.4. The molecule has 94 valence electrons. The Hall–Kier alpha value is -1.96. The monoisotopic (exact) mass is 265 g/mol. The van der Waals surface area contributed by atoms with Crippen molar-refractivity contribution in [2.45, 2.75) is 12.6 Å². The van der Waals surface area contributed by atoms with Crippen LogP contribution in [0, 0.1) is 0 Å². The molecule has 0 unspecified atom stereocenters. The molecule has 0 N–H and O–H groups in total. The van der Waals surface area contributed by atoms with Crippen molar-refractivity contribution in [2.24, 2.45) is 0 Å². The summed E-state index contributed by atoms with van der Waals surface area (Å²) >= 11 is 1.45. The second-order valence-electron chi connectivity index (χ2n) is 3.93. The van der Waals surface area contributed by atoms with Crippen LogP contribution < -0.4 is 4.74 Å². The Labute approximate surface area is 107 Å². The minimum Gasteiger partial charge on any atom is -0.463 e. The third-order valence-corrected chi connectivity index (χ3v) is 3.30. The van der Waals surface area contributed by atoms with E-state index in [1.54, 1.807) is 11.1 Å². The van der Waals surface area contributed by atoms with Crippen molar-refractivity contribution in [1.82, 2.24) is 24.6 Å². The number of aromatic nitrogens is 4. The molecule has 0 aromatic carbocycles. The standard InChI is InChI=1S/C10H11N5O2S/c16-9(5-15-7-11-6-13-15)14-3-8(4-14)17-10-12-1-2-18-10/h1-2,6-8H,3-5H2. The van der Waals surface area contributed by atoms with Crippen LogP contribution in [0.25, 0.3) is 0 Å². The molecule has 3 heterocycles. The fourth-order valence-corrected chi connectivity index (χ4v) is 2.23. The lowest BCUT2D eigenvalue weighted by atomic mass is 10.1. The van der Waals surface area contributed by atoms with Crippen LogP contribution in [0.15, 0.2) is 24.2 Å². The van der Waals surface area contributed by atoms with Gasteiger partial charge in [0.2, 0.25) is 5.91 Å². The van der Waals surface area contributed by atoms with Gasteiger partial charge in [-0.2, -0.15) is 5.10 Å². The Morgan fingerprint density at radius 2 is 2.44 bits per heavy atom. The highest BCUT2D eigenvalue weighted by molar-refractivity contribution is 7.11. The summed E-state index contributed by atoms with van der Waals surface area (Å²) in [6.07, 6.45) is 4.70. The maximum atomic E-state index is 11.8. The molecule has 8 heteroatoms. The zero-order valence-electron chi connectivity index (χ0n) is 9.47. The van der Waals surface area contributed by atoms with Gasteiger partial charge in [0, 0.05) is 11.6 Å². The Morgan fingerprint density at radius 1 is 1.56 bits per heavy atom. The van der Waals surface area contributed by atoms with E-state index in [9.17, 15) is 4.79 Å². The number of carbonyl (C=O) groups is 1. The minimum absolute atomic E-state index is 0.0273. The zero-order chi connectivity index (χ0) is 12.4. The number of amides is 1. The van der Waals surface area contributed by atoms with Crippen molar-refractivity contribution in [1.29, 1.82) is 0 Å². The number of hydrogen-bond acceptors (Lipinski definition) is 6. The molecule has 3 rings (SSSR count). The van der Waals surface area contributed by atoms with Gasteiger partial charge in [0.15, 0.2) is 0 Å². The Morgan fingerprint density at radius 3 is 3.11 bits per heavy atom. The van der Waals surface area contributed by atoms with Gasteiger partial charge in [-0.15, -0.1) is 0 Å². The summed E-state index contributed by atoms with van der Waals surface area (Å²) in [5.74, 6) is 0.0273. The molecule has 7 nitrogen and oxygen atoms in total. The molecular formula is C10H11N5O2S. The Kier molecular flexibility index (Phi) is 2.93. The molecule has 1 saturated heterocycles. The van der Waals surface area contributed by atoms with Gasteiger partial charge in [-0.25, -0.2) is 14.6 Å². The third-order valence-electron chi connectivity index (χ3n) is 2.64. The van der Waals surface area contributed by atoms with E-state index in [0.717, 1.165) is 0 Å². The number of thiazole rings is 1. The van der Waals surface area contributed by atoms with E-state index in [0.29, 0.717) is 18.3 Å². The molecule has 1 amide bonds. The number of rotatable bonds is 4. The molecule has 1 aliphatic heterocycles.